The number of ether oxygens (including phenoxy) is 2. The summed E-state index contributed by atoms with van der Waals surface area (Å²) in [6.07, 6.45) is 0.385. The van der Waals surface area contributed by atoms with Gasteiger partial charge in [0.25, 0.3) is 0 Å². The third-order valence-electron chi connectivity index (χ3n) is 2.25. The van der Waals surface area contributed by atoms with Gasteiger partial charge < -0.3 is 20.5 Å². The van der Waals surface area contributed by atoms with Crippen LogP contribution < -0.4 is 15.8 Å². The summed E-state index contributed by atoms with van der Waals surface area (Å²) in [5.41, 5.74) is 6.26. The SMILES string of the molecule is CCOCCC(=O)NCCOc1ccc(N)cc1. The van der Waals surface area contributed by atoms with Gasteiger partial charge >= 0.3 is 0 Å². The van der Waals surface area contributed by atoms with E-state index in [1.165, 1.54) is 0 Å². The van der Waals surface area contributed by atoms with Gasteiger partial charge in [-0.25, -0.2) is 0 Å². The number of nitrogens with two attached hydrogens (primary N) is 1. The monoisotopic (exact) mass is 252 g/mol. The Morgan fingerprint density at radius 1 is 1.28 bits per heavy atom. The molecule has 1 amide bonds. The van der Waals surface area contributed by atoms with E-state index in [1.54, 1.807) is 24.3 Å². The first kappa shape index (κ1) is 14.3. The second kappa shape index (κ2) is 8.36. The van der Waals surface area contributed by atoms with Crippen LogP contribution in [0.5, 0.6) is 5.75 Å². The predicted molar refractivity (Wildman–Crippen MR) is 70.5 cm³/mol. The highest BCUT2D eigenvalue weighted by Crippen LogP contribution is 2.12. The lowest BCUT2D eigenvalue weighted by molar-refractivity contribution is -0.122. The molecule has 18 heavy (non-hydrogen) atoms. The quantitative estimate of drug-likeness (QED) is 0.538. The van der Waals surface area contributed by atoms with Crippen LogP contribution in [0.1, 0.15) is 13.3 Å². The van der Waals surface area contributed by atoms with Gasteiger partial charge in [-0.1, -0.05) is 0 Å². The standard InChI is InChI=1S/C13H20N2O3/c1-2-17-9-7-13(16)15-8-10-18-12-5-3-11(14)4-6-12/h3-6H,2,7-10,14H2,1H3,(H,15,16). The predicted octanol–water partition coefficient (Wildman–Crippen LogP) is 1.19. The summed E-state index contributed by atoms with van der Waals surface area (Å²) < 4.78 is 10.5. The van der Waals surface area contributed by atoms with E-state index < -0.39 is 0 Å². The summed E-state index contributed by atoms with van der Waals surface area (Å²) >= 11 is 0. The maximum absolute atomic E-state index is 11.3. The van der Waals surface area contributed by atoms with Crippen LogP contribution in [0.25, 0.3) is 0 Å². The number of benzene rings is 1. The van der Waals surface area contributed by atoms with Gasteiger partial charge in [0.2, 0.25) is 5.91 Å². The van der Waals surface area contributed by atoms with E-state index in [0.29, 0.717) is 38.5 Å². The van der Waals surface area contributed by atoms with Crippen LogP contribution in [0.3, 0.4) is 0 Å². The third kappa shape index (κ3) is 6.10. The van der Waals surface area contributed by atoms with Gasteiger partial charge in [0, 0.05) is 18.7 Å². The molecule has 5 nitrogen and oxygen atoms in total. The van der Waals surface area contributed by atoms with Crippen LogP contribution in [-0.2, 0) is 9.53 Å². The average molecular weight is 252 g/mol. The molecule has 0 aromatic heterocycles. The van der Waals surface area contributed by atoms with E-state index in [9.17, 15) is 4.79 Å². The molecular formula is C13H20N2O3. The molecule has 1 aromatic carbocycles. The van der Waals surface area contributed by atoms with Gasteiger partial charge in [0.05, 0.1) is 13.2 Å². The van der Waals surface area contributed by atoms with Crippen molar-refractivity contribution in [1.29, 1.82) is 0 Å². The van der Waals surface area contributed by atoms with Crippen molar-refractivity contribution in [3.63, 3.8) is 0 Å². The fourth-order valence-electron chi connectivity index (χ4n) is 1.32. The normalized spacial score (nSPS) is 10.1. The second-order valence-corrected chi connectivity index (χ2v) is 3.71. The zero-order valence-corrected chi connectivity index (χ0v) is 10.6. The van der Waals surface area contributed by atoms with Gasteiger partial charge in [-0.3, -0.25) is 4.79 Å². The van der Waals surface area contributed by atoms with Gasteiger partial charge in [0.15, 0.2) is 0 Å². The van der Waals surface area contributed by atoms with Crippen LogP contribution in [0.4, 0.5) is 5.69 Å². The van der Waals surface area contributed by atoms with E-state index in [2.05, 4.69) is 5.32 Å². The number of amides is 1. The Morgan fingerprint density at radius 2 is 2.00 bits per heavy atom. The largest absolute Gasteiger partial charge is 0.492 e. The topological polar surface area (TPSA) is 73.6 Å². The van der Waals surface area contributed by atoms with Crippen molar-refractivity contribution in [2.75, 3.05) is 32.1 Å². The van der Waals surface area contributed by atoms with Crippen molar-refractivity contribution in [2.24, 2.45) is 0 Å². The highest BCUT2D eigenvalue weighted by atomic mass is 16.5. The number of nitrogen functional groups attached to an aromatic ring is 1. The minimum Gasteiger partial charge on any atom is -0.492 e. The lowest BCUT2D eigenvalue weighted by Crippen LogP contribution is -2.28. The number of anilines is 1. The average Bonchev–Trinajstić information content (AvgIpc) is 2.37. The Hall–Kier alpha value is -1.75. The number of rotatable bonds is 8. The van der Waals surface area contributed by atoms with Crippen molar-refractivity contribution in [3.8, 4) is 5.75 Å². The molecule has 0 fully saturated rings. The molecule has 0 atom stereocenters. The fraction of sp³-hybridized carbons (Fsp3) is 0.462. The summed E-state index contributed by atoms with van der Waals surface area (Å²) in [5, 5.41) is 2.75. The molecule has 0 unspecified atom stereocenters. The highest BCUT2D eigenvalue weighted by molar-refractivity contribution is 5.75. The van der Waals surface area contributed by atoms with Crippen molar-refractivity contribution in [3.05, 3.63) is 24.3 Å². The molecule has 1 rings (SSSR count). The lowest BCUT2D eigenvalue weighted by atomic mass is 10.3. The van der Waals surface area contributed by atoms with Crippen LogP contribution in [0, 0.1) is 0 Å². The summed E-state index contributed by atoms with van der Waals surface area (Å²) in [6, 6.07) is 7.14. The van der Waals surface area contributed by atoms with Crippen molar-refractivity contribution >= 4 is 11.6 Å². The Balaban J connectivity index is 2.07. The summed E-state index contributed by atoms with van der Waals surface area (Å²) in [4.78, 5) is 11.3. The molecule has 5 heteroatoms. The van der Waals surface area contributed by atoms with Gasteiger partial charge in [-0.15, -0.1) is 0 Å². The smallest absolute Gasteiger partial charge is 0.222 e. The molecular weight excluding hydrogens is 232 g/mol. The maximum Gasteiger partial charge on any atom is 0.222 e. The van der Waals surface area contributed by atoms with Crippen molar-refractivity contribution < 1.29 is 14.3 Å². The van der Waals surface area contributed by atoms with Crippen LogP contribution in [0.2, 0.25) is 0 Å². The second-order valence-electron chi connectivity index (χ2n) is 3.71. The molecule has 1 aromatic rings. The van der Waals surface area contributed by atoms with E-state index >= 15 is 0 Å². The Labute approximate surface area is 107 Å². The molecule has 0 saturated heterocycles. The van der Waals surface area contributed by atoms with Crippen LogP contribution in [-0.4, -0.2) is 32.3 Å². The van der Waals surface area contributed by atoms with Crippen molar-refractivity contribution in [2.45, 2.75) is 13.3 Å². The molecule has 0 spiro atoms. The third-order valence-corrected chi connectivity index (χ3v) is 2.25. The molecule has 0 aliphatic rings. The molecule has 0 aliphatic heterocycles. The van der Waals surface area contributed by atoms with E-state index in [0.717, 1.165) is 5.75 Å². The Bertz CT molecular complexity index is 352. The first-order chi connectivity index (χ1) is 8.72. The molecule has 0 heterocycles. The summed E-state index contributed by atoms with van der Waals surface area (Å²) in [7, 11) is 0. The molecule has 0 saturated carbocycles. The summed E-state index contributed by atoms with van der Waals surface area (Å²) in [5.74, 6) is 0.720. The number of hydrogen-bond donors (Lipinski definition) is 2. The molecule has 0 bridgehead atoms. The van der Waals surface area contributed by atoms with Gasteiger partial charge in [0.1, 0.15) is 12.4 Å². The van der Waals surface area contributed by atoms with Crippen LogP contribution >= 0.6 is 0 Å². The van der Waals surface area contributed by atoms with E-state index in [4.69, 9.17) is 15.2 Å². The zero-order chi connectivity index (χ0) is 13.2. The molecule has 0 radical (unpaired) electrons. The van der Waals surface area contributed by atoms with Crippen molar-refractivity contribution in [1.82, 2.24) is 5.32 Å². The maximum atomic E-state index is 11.3. The molecule has 0 aliphatic carbocycles. The first-order valence-electron chi connectivity index (χ1n) is 6.05. The number of carbonyl (C=O) groups excluding carboxylic acids is 1. The van der Waals surface area contributed by atoms with Gasteiger partial charge in [-0.05, 0) is 31.2 Å². The first-order valence-corrected chi connectivity index (χ1v) is 6.05. The number of nitrogens with one attached hydrogen (secondary N) is 1. The highest BCUT2D eigenvalue weighted by Gasteiger charge is 2.00. The van der Waals surface area contributed by atoms with Crippen LogP contribution in [0.15, 0.2) is 24.3 Å². The van der Waals surface area contributed by atoms with E-state index in [-0.39, 0.29) is 5.91 Å². The molecule has 100 valence electrons. The lowest BCUT2D eigenvalue weighted by Gasteiger charge is -2.08. The fourth-order valence-corrected chi connectivity index (χ4v) is 1.32. The number of hydrogen-bond acceptors (Lipinski definition) is 4. The minimum absolute atomic E-state index is 0.0237. The molecule has 3 N–H and O–H groups in total. The zero-order valence-electron chi connectivity index (χ0n) is 10.6. The summed E-state index contributed by atoms with van der Waals surface area (Å²) in [6.45, 7) is 3.91. The number of carbonyl (C=O) groups is 1. The minimum atomic E-state index is -0.0237. The Kier molecular flexibility index (Phi) is 6.64. The Morgan fingerprint density at radius 3 is 2.67 bits per heavy atom. The van der Waals surface area contributed by atoms with E-state index in [1.807, 2.05) is 6.92 Å². The van der Waals surface area contributed by atoms with Gasteiger partial charge in [-0.2, -0.15) is 0 Å².